The lowest BCUT2D eigenvalue weighted by atomic mass is 9.85. The largest absolute Gasteiger partial charge is 0.388 e. The maximum absolute atomic E-state index is 5.54. The molecule has 0 bridgehead atoms. The number of nitrogens with two attached hydrogens (primary N) is 1. The van der Waals surface area contributed by atoms with Gasteiger partial charge >= 0.3 is 0 Å². The highest BCUT2D eigenvalue weighted by Crippen LogP contribution is 2.37. The van der Waals surface area contributed by atoms with Crippen LogP contribution in [0.3, 0.4) is 0 Å². The Hall–Kier alpha value is -1.23. The molecule has 1 aromatic heterocycles. The third-order valence-electron chi connectivity index (χ3n) is 4.20. The molecule has 4 nitrogen and oxygen atoms in total. The highest BCUT2D eigenvalue weighted by molar-refractivity contribution is 7.80. The topological polar surface area (TPSA) is 55.0 Å². The number of nitrogens with zero attached hydrogens (tertiary/aromatic N) is 3. The van der Waals surface area contributed by atoms with Crippen LogP contribution in [0.2, 0.25) is 0 Å². The average molecular weight is 262 g/mol. The van der Waals surface area contributed by atoms with E-state index in [1.165, 1.54) is 32.1 Å². The van der Waals surface area contributed by atoms with E-state index in [1.54, 1.807) is 6.20 Å². The van der Waals surface area contributed by atoms with E-state index >= 15 is 0 Å². The molecule has 1 aliphatic heterocycles. The van der Waals surface area contributed by atoms with E-state index in [1.807, 2.05) is 6.20 Å². The Morgan fingerprint density at radius 2 is 2.06 bits per heavy atom. The Kier molecular flexibility index (Phi) is 3.16. The fourth-order valence-corrected chi connectivity index (χ4v) is 3.39. The normalized spacial score (nSPS) is 27.0. The van der Waals surface area contributed by atoms with E-state index in [-0.39, 0.29) is 0 Å². The Balaban J connectivity index is 1.80. The molecule has 2 heterocycles. The molecule has 18 heavy (non-hydrogen) atoms. The minimum atomic E-state index is 0.311. The van der Waals surface area contributed by atoms with E-state index in [9.17, 15) is 0 Å². The first-order valence-corrected chi connectivity index (χ1v) is 7.05. The molecule has 0 aromatic carbocycles. The average Bonchev–Trinajstić information content (AvgIpc) is 2.82. The summed E-state index contributed by atoms with van der Waals surface area (Å²) in [5.41, 5.74) is 6.14. The summed E-state index contributed by atoms with van der Waals surface area (Å²) >= 11 is 4.89. The van der Waals surface area contributed by atoms with Crippen LogP contribution in [0.25, 0.3) is 0 Å². The van der Waals surface area contributed by atoms with Crippen LogP contribution in [-0.2, 0) is 0 Å². The number of rotatable bonds is 2. The van der Waals surface area contributed by atoms with Gasteiger partial charge in [0.15, 0.2) is 0 Å². The third-order valence-corrected chi connectivity index (χ3v) is 4.40. The van der Waals surface area contributed by atoms with Crippen LogP contribution < -0.4 is 10.6 Å². The molecule has 96 valence electrons. The molecule has 3 rings (SSSR count). The first kappa shape index (κ1) is 11.8. The first-order chi connectivity index (χ1) is 8.75. The lowest BCUT2D eigenvalue weighted by Gasteiger charge is -2.32. The highest BCUT2D eigenvalue weighted by Gasteiger charge is 2.36. The molecule has 0 spiro atoms. The highest BCUT2D eigenvalue weighted by atomic mass is 32.1. The van der Waals surface area contributed by atoms with Gasteiger partial charge in [0.1, 0.15) is 16.5 Å². The molecule has 2 atom stereocenters. The lowest BCUT2D eigenvalue weighted by Crippen LogP contribution is -2.35. The second-order valence-corrected chi connectivity index (χ2v) is 5.66. The second-order valence-electron chi connectivity index (χ2n) is 5.22. The lowest BCUT2D eigenvalue weighted by molar-refractivity contribution is 0.341. The van der Waals surface area contributed by atoms with Gasteiger partial charge in [-0.15, -0.1) is 0 Å². The van der Waals surface area contributed by atoms with Gasteiger partial charge in [0.05, 0.1) is 12.4 Å². The van der Waals surface area contributed by atoms with Crippen molar-refractivity contribution in [3.63, 3.8) is 0 Å². The summed E-state index contributed by atoms with van der Waals surface area (Å²) in [7, 11) is 0. The zero-order valence-corrected chi connectivity index (χ0v) is 11.2. The number of thiocarbonyl (C=S) groups is 1. The van der Waals surface area contributed by atoms with Crippen molar-refractivity contribution in [2.24, 2.45) is 11.7 Å². The van der Waals surface area contributed by atoms with Crippen molar-refractivity contribution >= 4 is 23.0 Å². The Morgan fingerprint density at radius 3 is 2.78 bits per heavy atom. The van der Waals surface area contributed by atoms with Gasteiger partial charge in [0, 0.05) is 12.6 Å². The van der Waals surface area contributed by atoms with Gasteiger partial charge in [-0.2, -0.15) is 0 Å². The Labute approximate surface area is 113 Å². The molecule has 1 aromatic rings. The Morgan fingerprint density at radius 1 is 1.22 bits per heavy atom. The van der Waals surface area contributed by atoms with Gasteiger partial charge in [-0.1, -0.05) is 25.1 Å². The van der Waals surface area contributed by atoms with E-state index < -0.39 is 0 Å². The molecular formula is C13H18N4S. The summed E-state index contributed by atoms with van der Waals surface area (Å²) in [4.78, 5) is 11.5. The molecule has 5 heteroatoms. The number of anilines is 1. The van der Waals surface area contributed by atoms with Gasteiger partial charge in [-0.3, -0.25) is 0 Å². The van der Waals surface area contributed by atoms with Crippen molar-refractivity contribution in [1.82, 2.24) is 9.97 Å². The number of hydrogen-bond donors (Lipinski definition) is 1. The van der Waals surface area contributed by atoms with Gasteiger partial charge in [0.25, 0.3) is 0 Å². The van der Waals surface area contributed by atoms with E-state index in [0.29, 0.717) is 16.7 Å². The first-order valence-electron chi connectivity index (χ1n) is 6.64. The fourth-order valence-electron chi connectivity index (χ4n) is 3.29. The molecule has 1 saturated heterocycles. The summed E-state index contributed by atoms with van der Waals surface area (Å²) < 4.78 is 0. The monoisotopic (exact) mass is 262 g/mol. The standard InChI is InChI=1S/C13H18N4S/c14-13(18)10-7-16-12(8-15-10)17-6-5-9-3-1-2-4-11(9)17/h7-9,11H,1-6H2,(H2,14,18). The fraction of sp³-hybridized carbons (Fsp3) is 0.615. The summed E-state index contributed by atoms with van der Waals surface area (Å²) in [6.45, 7) is 1.11. The molecular weight excluding hydrogens is 244 g/mol. The van der Waals surface area contributed by atoms with Crippen LogP contribution in [0.15, 0.2) is 12.4 Å². The molecule has 0 amide bonds. The van der Waals surface area contributed by atoms with E-state index in [4.69, 9.17) is 18.0 Å². The van der Waals surface area contributed by atoms with Gasteiger partial charge < -0.3 is 10.6 Å². The summed E-state index contributed by atoms with van der Waals surface area (Å²) in [6.07, 6.45) is 10.2. The second kappa shape index (κ2) is 4.80. The SMILES string of the molecule is NC(=S)c1cnc(N2CCC3CCCCC32)cn1. The Bertz CT molecular complexity index is 445. The van der Waals surface area contributed by atoms with Crippen molar-refractivity contribution in [2.75, 3.05) is 11.4 Å². The number of hydrogen-bond acceptors (Lipinski definition) is 4. The third kappa shape index (κ3) is 2.07. The quantitative estimate of drug-likeness (QED) is 0.825. The van der Waals surface area contributed by atoms with Crippen LogP contribution in [0, 0.1) is 5.92 Å². The molecule has 2 fully saturated rings. The van der Waals surface area contributed by atoms with Crippen LogP contribution >= 0.6 is 12.2 Å². The maximum atomic E-state index is 5.54. The molecule has 0 radical (unpaired) electrons. The van der Waals surface area contributed by atoms with Gasteiger partial charge in [-0.05, 0) is 25.2 Å². The maximum Gasteiger partial charge on any atom is 0.147 e. The zero-order valence-electron chi connectivity index (χ0n) is 10.4. The summed E-state index contributed by atoms with van der Waals surface area (Å²) in [5, 5.41) is 0. The minimum absolute atomic E-state index is 0.311. The van der Waals surface area contributed by atoms with Crippen LogP contribution in [0.1, 0.15) is 37.8 Å². The van der Waals surface area contributed by atoms with E-state index in [0.717, 1.165) is 18.3 Å². The predicted octanol–water partition coefficient (Wildman–Crippen LogP) is 1.88. The molecule has 1 aliphatic carbocycles. The number of fused-ring (bicyclic) bond motifs is 1. The van der Waals surface area contributed by atoms with Crippen LogP contribution in [-0.4, -0.2) is 27.5 Å². The number of aromatic nitrogens is 2. The van der Waals surface area contributed by atoms with Crippen molar-refractivity contribution in [3.05, 3.63) is 18.1 Å². The molecule has 2 N–H and O–H groups in total. The summed E-state index contributed by atoms with van der Waals surface area (Å²) in [5.74, 6) is 1.83. The molecule has 1 saturated carbocycles. The van der Waals surface area contributed by atoms with Crippen molar-refractivity contribution in [1.29, 1.82) is 0 Å². The predicted molar refractivity (Wildman–Crippen MR) is 75.6 cm³/mol. The molecule has 2 aliphatic rings. The zero-order chi connectivity index (χ0) is 12.5. The summed E-state index contributed by atoms with van der Waals surface area (Å²) in [6, 6.07) is 0.670. The van der Waals surface area contributed by atoms with Gasteiger partial charge in [-0.25, -0.2) is 9.97 Å². The van der Waals surface area contributed by atoms with Crippen LogP contribution in [0.5, 0.6) is 0 Å². The van der Waals surface area contributed by atoms with Crippen LogP contribution in [0.4, 0.5) is 5.82 Å². The smallest absolute Gasteiger partial charge is 0.147 e. The van der Waals surface area contributed by atoms with Crippen molar-refractivity contribution in [2.45, 2.75) is 38.1 Å². The van der Waals surface area contributed by atoms with Gasteiger partial charge in [0.2, 0.25) is 0 Å². The van der Waals surface area contributed by atoms with E-state index in [2.05, 4.69) is 14.9 Å². The minimum Gasteiger partial charge on any atom is -0.388 e. The molecule has 2 unspecified atom stereocenters. The van der Waals surface area contributed by atoms with Crippen molar-refractivity contribution in [3.8, 4) is 0 Å². The van der Waals surface area contributed by atoms with Crippen molar-refractivity contribution < 1.29 is 0 Å².